The van der Waals surface area contributed by atoms with Gasteiger partial charge in [-0.15, -0.1) is 0 Å². The van der Waals surface area contributed by atoms with Gasteiger partial charge in [0.25, 0.3) is 5.91 Å². The van der Waals surface area contributed by atoms with Crippen molar-refractivity contribution < 1.29 is 28.7 Å². The molecular weight excluding hydrogens is 510 g/mol. The number of hydrogen-bond donors (Lipinski definition) is 1. The van der Waals surface area contributed by atoms with E-state index in [4.69, 9.17) is 9.47 Å². The molecule has 0 saturated carbocycles. The summed E-state index contributed by atoms with van der Waals surface area (Å²) in [5, 5.41) is 2.29. The highest BCUT2D eigenvalue weighted by Crippen LogP contribution is 2.34. The van der Waals surface area contributed by atoms with Gasteiger partial charge in [0.05, 0.1) is 7.11 Å². The first kappa shape index (κ1) is 26.9. The van der Waals surface area contributed by atoms with Crippen LogP contribution in [0.5, 0.6) is 11.5 Å². The molecule has 0 aliphatic carbocycles. The first-order valence-electron chi connectivity index (χ1n) is 13.1. The van der Waals surface area contributed by atoms with Crippen molar-refractivity contribution in [3.05, 3.63) is 89.0 Å². The van der Waals surface area contributed by atoms with E-state index in [1.165, 1.54) is 15.9 Å². The lowest BCUT2D eigenvalue weighted by atomic mass is 9.78. The minimum absolute atomic E-state index is 0.186. The number of carbonyl (C=O) groups is 4. The van der Waals surface area contributed by atoms with Crippen LogP contribution in [0.15, 0.2) is 66.7 Å². The number of piperidine rings is 1. The molecule has 3 aromatic carbocycles. The highest BCUT2D eigenvalue weighted by Gasteiger charge is 2.39. The Labute approximate surface area is 232 Å². The number of nitrogens with one attached hydrogen (secondary N) is 1. The highest BCUT2D eigenvalue weighted by molar-refractivity contribution is 6.05. The first-order valence-corrected chi connectivity index (χ1v) is 13.1. The number of nitrogens with zero attached hydrogens (tertiary/aromatic N) is 2. The van der Waals surface area contributed by atoms with Crippen LogP contribution < -0.4 is 19.7 Å². The molecule has 0 aromatic heterocycles. The van der Waals surface area contributed by atoms with Crippen molar-refractivity contribution in [2.45, 2.75) is 44.7 Å². The van der Waals surface area contributed by atoms with Crippen LogP contribution in [0.1, 0.15) is 53.7 Å². The van der Waals surface area contributed by atoms with E-state index in [1.807, 2.05) is 48.5 Å². The SMILES string of the molecule is COc1ccc(C(C)(C)c2ccc(N(C)C(=O)Oc3ccc4c(c3)C(=O)N(C3CCC(=O)NC3=O)C4)cc2)cc1. The first-order chi connectivity index (χ1) is 19.1. The Hall–Kier alpha value is -4.66. The van der Waals surface area contributed by atoms with Crippen LogP contribution in [0.3, 0.4) is 0 Å². The Bertz CT molecular complexity index is 1480. The summed E-state index contributed by atoms with van der Waals surface area (Å²) >= 11 is 0. The van der Waals surface area contributed by atoms with Crippen molar-refractivity contribution in [3.63, 3.8) is 0 Å². The predicted molar refractivity (Wildman–Crippen MR) is 148 cm³/mol. The highest BCUT2D eigenvalue weighted by atomic mass is 16.6. The Morgan fingerprint density at radius 1 is 0.950 bits per heavy atom. The lowest BCUT2D eigenvalue weighted by molar-refractivity contribution is -0.136. The van der Waals surface area contributed by atoms with Gasteiger partial charge in [-0.1, -0.05) is 44.2 Å². The molecule has 2 aliphatic rings. The van der Waals surface area contributed by atoms with Gasteiger partial charge in [0.1, 0.15) is 17.5 Å². The molecule has 206 valence electrons. The molecule has 40 heavy (non-hydrogen) atoms. The average Bonchev–Trinajstić information content (AvgIpc) is 3.28. The molecule has 1 N–H and O–H groups in total. The topological polar surface area (TPSA) is 105 Å². The maximum absolute atomic E-state index is 13.1. The van der Waals surface area contributed by atoms with E-state index in [0.29, 0.717) is 11.3 Å². The molecule has 0 bridgehead atoms. The third-order valence-electron chi connectivity index (χ3n) is 7.77. The van der Waals surface area contributed by atoms with Crippen LogP contribution in [0, 0.1) is 0 Å². The largest absolute Gasteiger partial charge is 0.497 e. The van der Waals surface area contributed by atoms with Gasteiger partial charge in [0.15, 0.2) is 0 Å². The number of methoxy groups -OCH3 is 1. The van der Waals surface area contributed by atoms with Gasteiger partial charge in [-0.05, 0) is 59.5 Å². The number of carbonyl (C=O) groups excluding carboxylic acids is 4. The van der Waals surface area contributed by atoms with Crippen LogP contribution in [0.4, 0.5) is 10.5 Å². The smallest absolute Gasteiger partial charge is 0.419 e. The molecular formula is C31H31N3O6. The number of fused-ring (bicyclic) bond motifs is 1. The molecule has 5 rings (SSSR count). The standard InChI is InChI=1S/C31H31N3O6/c1-31(2,21-8-13-23(39-4)14-9-21)20-6-10-22(11-7-20)33(3)30(38)40-24-12-5-19-18-34(29(37)25(19)17-24)26-15-16-27(35)32-28(26)36/h5-14,17,26H,15-16,18H2,1-4H3,(H,32,35,36). The zero-order valence-electron chi connectivity index (χ0n) is 22.9. The van der Waals surface area contributed by atoms with Crippen LogP contribution in [-0.2, 0) is 21.5 Å². The van der Waals surface area contributed by atoms with Gasteiger partial charge in [-0.3, -0.25) is 24.6 Å². The van der Waals surface area contributed by atoms with E-state index in [2.05, 4.69) is 19.2 Å². The molecule has 1 atom stereocenters. The summed E-state index contributed by atoms with van der Waals surface area (Å²) in [5.41, 5.74) is 3.72. The van der Waals surface area contributed by atoms with Crippen molar-refractivity contribution >= 4 is 29.5 Å². The average molecular weight is 542 g/mol. The third kappa shape index (κ3) is 5.02. The van der Waals surface area contributed by atoms with Crippen LogP contribution in [0.2, 0.25) is 0 Å². The number of imide groups is 1. The normalized spacial score (nSPS) is 16.9. The molecule has 9 nitrogen and oxygen atoms in total. The van der Waals surface area contributed by atoms with Crippen molar-refractivity contribution in [2.24, 2.45) is 0 Å². The van der Waals surface area contributed by atoms with Crippen molar-refractivity contribution in [1.29, 1.82) is 0 Å². The molecule has 4 amide bonds. The second kappa shape index (κ2) is 10.5. The van der Waals surface area contributed by atoms with Crippen molar-refractivity contribution in [2.75, 3.05) is 19.1 Å². The van der Waals surface area contributed by atoms with E-state index in [0.717, 1.165) is 22.4 Å². The maximum Gasteiger partial charge on any atom is 0.419 e. The molecule has 1 unspecified atom stereocenters. The summed E-state index contributed by atoms with van der Waals surface area (Å²) in [4.78, 5) is 52.6. The number of anilines is 1. The van der Waals surface area contributed by atoms with E-state index >= 15 is 0 Å². The quantitative estimate of drug-likeness (QED) is 0.464. The fourth-order valence-corrected chi connectivity index (χ4v) is 5.15. The van der Waals surface area contributed by atoms with Gasteiger partial charge < -0.3 is 14.4 Å². The third-order valence-corrected chi connectivity index (χ3v) is 7.77. The minimum Gasteiger partial charge on any atom is -0.497 e. The van der Waals surface area contributed by atoms with Crippen molar-refractivity contribution in [1.82, 2.24) is 10.2 Å². The molecule has 1 fully saturated rings. The Kier molecular flexibility index (Phi) is 7.06. The summed E-state index contributed by atoms with van der Waals surface area (Å²) in [6.45, 7) is 4.53. The zero-order chi connectivity index (χ0) is 28.6. The second-order valence-electron chi connectivity index (χ2n) is 10.5. The number of amides is 4. The fraction of sp³-hybridized carbons (Fsp3) is 0.290. The monoisotopic (exact) mass is 541 g/mol. The second-order valence-corrected chi connectivity index (χ2v) is 10.5. The Morgan fingerprint density at radius 2 is 1.57 bits per heavy atom. The van der Waals surface area contributed by atoms with Crippen molar-refractivity contribution in [3.8, 4) is 11.5 Å². The fourth-order valence-electron chi connectivity index (χ4n) is 5.15. The van der Waals surface area contributed by atoms with Crippen LogP contribution in [0.25, 0.3) is 0 Å². The number of ether oxygens (including phenoxy) is 2. The maximum atomic E-state index is 13.1. The molecule has 0 radical (unpaired) electrons. The minimum atomic E-state index is -0.701. The molecule has 2 heterocycles. The van der Waals surface area contributed by atoms with Gasteiger partial charge in [0.2, 0.25) is 11.8 Å². The molecule has 1 saturated heterocycles. The lowest BCUT2D eigenvalue weighted by Crippen LogP contribution is -2.52. The van der Waals surface area contributed by atoms with Gasteiger partial charge >= 0.3 is 6.09 Å². The number of hydrogen-bond acceptors (Lipinski definition) is 6. The summed E-state index contributed by atoms with van der Waals surface area (Å²) in [5.74, 6) is -0.102. The summed E-state index contributed by atoms with van der Waals surface area (Å²) in [7, 11) is 3.26. The lowest BCUT2D eigenvalue weighted by Gasteiger charge is -2.29. The Balaban J connectivity index is 1.25. The van der Waals surface area contributed by atoms with Crippen LogP contribution in [-0.4, -0.2) is 48.9 Å². The molecule has 0 spiro atoms. The van der Waals surface area contributed by atoms with Crippen LogP contribution >= 0.6 is 0 Å². The van der Waals surface area contributed by atoms with Gasteiger partial charge in [-0.25, -0.2) is 4.79 Å². The molecule has 9 heteroatoms. The zero-order valence-corrected chi connectivity index (χ0v) is 22.9. The van der Waals surface area contributed by atoms with E-state index in [1.54, 1.807) is 26.3 Å². The summed E-state index contributed by atoms with van der Waals surface area (Å²) < 4.78 is 10.9. The van der Waals surface area contributed by atoms with Gasteiger partial charge in [-0.2, -0.15) is 0 Å². The molecule has 2 aliphatic heterocycles. The Morgan fingerprint density at radius 3 is 2.20 bits per heavy atom. The number of rotatable bonds is 6. The van der Waals surface area contributed by atoms with E-state index in [-0.39, 0.29) is 42.4 Å². The number of benzene rings is 3. The van der Waals surface area contributed by atoms with E-state index in [9.17, 15) is 19.2 Å². The predicted octanol–water partition coefficient (Wildman–Crippen LogP) is 4.42. The molecule has 3 aromatic rings. The summed E-state index contributed by atoms with van der Waals surface area (Å²) in [6.07, 6.45) is -0.131. The summed E-state index contributed by atoms with van der Waals surface area (Å²) in [6, 6.07) is 19.8. The van der Waals surface area contributed by atoms with Gasteiger partial charge in [0, 0.05) is 36.7 Å². The van der Waals surface area contributed by atoms with E-state index < -0.39 is 18.0 Å².